The number of piperazine rings is 1. The Morgan fingerprint density at radius 1 is 0.958 bits per heavy atom. The van der Waals surface area contributed by atoms with E-state index in [1.54, 1.807) is 0 Å². The van der Waals surface area contributed by atoms with Crippen LogP contribution in [-0.2, 0) is 6.54 Å². The monoisotopic (exact) mass is 323 g/mol. The highest BCUT2D eigenvalue weighted by Crippen LogP contribution is 2.24. The van der Waals surface area contributed by atoms with Crippen molar-refractivity contribution in [2.75, 3.05) is 39.3 Å². The van der Waals surface area contributed by atoms with Crippen molar-refractivity contribution in [1.29, 1.82) is 0 Å². The topological polar surface area (TPSA) is 18.5 Å². The predicted octanol–water partition coefficient (Wildman–Crippen LogP) is 3.16. The van der Waals surface area contributed by atoms with Gasteiger partial charge in [0.25, 0.3) is 0 Å². The maximum atomic E-state index is 3.46. The fraction of sp³-hybridized carbons (Fsp3) is 0.429. The zero-order valence-corrected chi connectivity index (χ0v) is 14.7. The molecule has 0 aliphatic carbocycles. The first-order valence-electron chi connectivity index (χ1n) is 9.13. The molecule has 2 aromatic carbocycles. The number of nitrogens with zero attached hydrogens (tertiary/aromatic N) is 2. The van der Waals surface area contributed by atoms with Crippen LogP contribution in [0.5, 0.6) is 0 Å². The standard InChI is InChI=1S/C21H29N3/c1-2-24(17-19-9-5-3-6-10-19)21(20-11-7-4-8-12-20)18-23-15-13-22-14-16-23/h3-12,21-22H,2,13-18H2,1H3. The van der Waals surface area contributed by atoms with E-state index in [2.05, 4.69) is 82.7 Å². The molecule has 1 aliphatic heterocycles. The van der Waals surface area contributed by atoms with Gasteiger partial charge in [0, 0.05) is 45.3 Å². The van der Waals surface area contributed by atoms with Crippen LogP contribution < -0.4 is 5.32 Å². The minimum atomic E-state index is 0.439. The van der Waals surface area contributed by atoms with Crippen molar-refractivity contribution in [3.05, 3.63) is 71.8 Å². The molecule has 0 bridgehead atoms. The molecule has 24 heavy (non-hydrogen) atoms. The van der Waals surface area contributed by atoms with Crippen LogP contribution >= 0.6 is 0 Å². The molecule has 1 heterocycles. The average molecular weight is 323 g/mol. The van der Waals surface area contributed by atoms with Gasteiger partial charge in [-0.15, -0.1) is 0 Å². The Balaban J connectivity index is 1.78. The molecule has 2 aromatic rings. The van der Waals surface area contributed by atoms with Gasteiger partial charge in [0.2, 0.25) is 0 Å². The Labute approximate surface area is 146 Å². The van der Waals surface area contributed by atoms with E-state index >= 15 is 0 Å². The number of hydrogen-bond acceptors (Lipinski definition) is 3. The maximum absolute atomic E-state index is 3.46. The smallest absolute Gasteiger partial charge is 0.0478 e. The molecule has 0 saturated carbocycles. The first-order valence-corrected chi connectivity index (χ1v) is 9.13. The summed E-state index contributed by atoms with van der Waals surface area (Å²) in [4.78, 5) is 5.20. The first kappa shape index (κ1) is 17.2. The van der Waals surface area contributed by atoms with Crippen molar-refractivity contribution < 1.29 is 0 Å². The molecular weight excluding hydrogens is 294 g/mol. The van der Waals surface area contributed by atoms with Crippen molar-refractivity contribution in [3.63, 3.8) is 0 Å². The normalized spacial score (nSPS) is 17.1. The molecule has 1 fully saturated rings. The molecule has 0 amide bonds. The van der Waals surface area contributed by atoms with Gasteiger partial charge in [0.15, 0.2) is 0 Å². The number of nitrogens with one attached hydrogen (secondary N) is 1. The van der Waals surface area contributed by atoms with Gasteiger partial charge in [0.05, 0.1) is 0 Å². The summed E-state index contributed by atoms with van der Waals surface area (Å²) < 4.78 is 0. The minimum Gasteiger partial charge on any atom is -0.314 e. The van der Waals surface area contributed by atoms with E-state index in [1.165, 1.54) is 11.1 Å². The second-order valence-electron chi connectivity index (χ2n) is 6.53. The van der Waals surface area contributed by atoms with Gasteiger partial charge < -0.3 is 5.32 Å². The van der Waals surface area contributed by atoms with Crippen LogP contribution in [0.15, 0.2) is 60.7 Å². The van der Waals surface area contributed by atoms with Crippen molar-refractivity contribution >= 4 is 0 Å². The molecule has 0 spiro atoms. The van der Waals surface area contributed by atoms with E-state index in [-0.39, 0.29) is 0 Å². The molecule has 1 atom stereocenters. The lowest BCUT2D eigenvalue weighted by Gasteiger charge is -2.37. The Kier molecular flexibility index (Phi) is 6.41. The average Bonchev–Trinajstić information content (AvgIpc) is 2.67. The van der Waals surface area contributed by atoms with E-state index in [9.17, 15) is 0 Å². The van der Waals surface area contributed by atoms with Crippen LogP contribution in [0.1, 0.15) is 24.1 Å². The van der Waals surface area contributed by atoms with Crippen LogP contribution in [0.4, 0.5) is 0 Å². The number of rotatable bonds is 7. The lowest BCUT2D eigenvalue weighted by molar-refractivity contribution is 0.128. The highest BCUT2D eigenvalue weighted by molar-refractivity contribution is 5.21. The molecule has 0 aromatic heterocycles. The van der Waals surface area contributed by atoms with Gasteiger partial charge in [0.1, 0.15) is 0 Å². The fourth-order valence-electron chi connectivity index (χ4n) is 3.51. The van der Waals surface area contributed by atoms with E-state index in [4.69, 9.17) is 0 Å². The summed E-state index contributed by atoms with van der Waals surface area (Å²) >= 11 is 0. The summed E-state index contributed by atoms with van der Waals surface area (Å²) in [6.07, 6.45) is 0. The molecular formula is C21H29N3. The summed E-state index contributed by atoms with van der Waals surface area (Å²) in [5.41, 5.74) is 2.81. The van der Waals surface area contributed by atoms with Crippen LogP contribution in [-0.4, -0.2) is 49.1 Å². The third-order valence-electron chi connectivity index (χ3n) is 4.90. The van der Waals surface area contributed by atoms with Gasteiger partial charge in [-0.2, -0.15) is 0 Å². The van der Waals surface area contributed by atoms with Crippen LogP contribution in [0, 0.1) is 0 Å². The number of likely N-dealkylation sites (N-methyl/N-ethyl adjacent to an activating group) is 1. The predicted molar refractivity (Wildman–Crippen MR) is 101 cm³/mol. The third-order valence-corrected chi connectivity index (χ3v) is 4.90. The Morgan fingerprint density at radius 3 is 2.21 bits per heavy atom. The summed E-state index contributed by atoms with van der Waals surface area (Å²) in [6, 6.07) is 22.3. The van der Waals surface area contributed by atoms with Gasteiger partial charge in [-0.05, 0) is 17.7 Å². The quantitative estimate of drug-likeness (QED) is 0.844. The van der Waals surface area contributed by atoms with Crippen molar-refractivity contribution in [2.24, 2.45) is 0 Å². The van der Waals surface area contributed by atoms with Crippen molar-refractivity contribution in [2.45, 2.75) is 19.5 Å². The summed E-state index contributed by atoms with van der Waals surface area (Å²) in [6.45, 7) is 9.93. The molecule has 1 saturated heterocycles. The number of benzene rings is 2. The van der Waals surface area contributed by atoms with E-state index in [0.29, 0.717) is 6.04 Å². The fourth-order valence-corrected chi connectivity index (χ4v) is 3.51. The van der Waals surface area contributed by atoms with Gasteiger partial charge in [-0.3, -0.25) is 9.80 Å². The van der Waals surface area contributed by atoms with Crippen LogP contribution in [0.2, 0.25) is 0 Å². The molecule has 3 heteroatoms. The molecule has 1 aliphatic rings. The third kappa shape index (κ3) is 4.67. The van der Waals surface area contributed by atoms with Gasteiger partial charge >= 0.3 is 0 Å². The molecule has 1 N–H and O–H groups in total. The van der Waals surface area contributed by atoms with Crippen LogP contribution in [0.25, 0.3) is 0 Å². The molecule has 1 unspecified atom stereocenters. The zero-order valence-electron chi connectivity index (χ0n) is 14.7. The summed E-state index contributed by atoms with van der Waals surface area (Å²) in [5.74, 6) is 0. The zero-order chi connectivity index (χ0) is 16.6. The van der Waals surface area contributed by atoms with Crippen molar-refractivity contribution in [1.82, 2.24) is 15.1 Å². The summed E-state index contributed by atoms with van der Waals surface area (Å²) in [7, 11) is 0. The van der Waals surface area contributed by atoms with Gasteiger partial charge in [-0.25, -0.2) is 0 Å². The molecule has 128 valence electrons. The first-order chi connectivity index (χ1) is 11.9. The molecule has 0 radical (unpaired) electrons. The largest absolute Gasteiger partial charge is 0.314 e. The Morgan fingerprint density at radius 2 is 1.58 bits per heavy atom. The second-order valence-corrected chi connectivity index (χ2v) is 6.53. The van der Waals surface area contributed by atoms with E-state index in [1.807, 2.05) is 0 Å². The SMILES string of the molecule is CCN(Cc1ccccc1)C(CN1CCNCC1)c1ccccc1. The lowest BCUT2D eigenvalue weighted by atomic mass is 10.0. The number of hydrogen-bond donors (Lipinski definition) is 1. The minimum absolute atomic E-state index is 0.439. The van der Waals surface area contributed by atoms with E-state index < -0.39 is 0 Å². The Bertz CT molecular complexity index is 579. The highest BCUT2D eigenvalue weighted by atomic mass is 15.2. The second kappa shape index (κ2) is 8.97. The van der Waals surface area contributed by atoms with Gasteiger partial charge in [-0.1, -0.05) is 67.6 Å². The highest BCUT2D eigenvalue weighted by Gasteiger charge is 2.23. The molecule has 3 nitrogen and oxygen atoms in total. The van der Waals surface area contributed by atoms with Crippen LogP contribution in [0.3, 0.4) is 0 Å². The molecule has 3 rings (SSSR count). The van der Waals surface area contributed by atoms with E-state index in [0.717, 1.165) is 45.8 Å². The lowest BCUT2D eigenvalue weighted by Crippen LogP contribution is -2.47. The maximum Gasteiger partial charge on any atom is 0.0478 e. The van der Waals surface area contributed by atoms with Crippen molar-refractivity contribution in [3.8, 4) is 0 Å². The Hall–Kier alpha value is -1.68. The summed E-state index contributed by atoms with van der Waals surface area (Å²) in [5, 5.41) is 3.46.